The van der Waals surface area contributed by atoms with E-state index in [1.165, 1.54) is 0 Å². The Morgan fingerprint density at radius 3 is 3.00 bits per heavy atom. The van der Waals surface area contributed by atoms with Gasteiger partial charge in [-0.15, -0.1) is 0 Å². The lowest BCUT2D eigenvalue weighted by Gasteiger charge is -2.10. The van der Waals surface area contributed by atoms with Crippen LogP contribution < -0.4 is 15.4 Å². The third-order valence-electron chi connectivity index (χ3n) is 3.70. The highest BCUT2D eigenvalue weighted by Gasteiger charge is 2.29. The van der Waals surface area contributed by atoms with Gasteiger partial charge < -0.3 is 19.9 Å². The van der Waals surface area contributed by atoms with Crippen molar-refractivity contribution in [3.8, 4) is 5.75 Å². The number of nitrogens with one attached hydrogen (secondary N) is 2. The number of ether oxygens (including phenoxy) is 1. The van der Waals surface area contributed by atoms with Crippen molar-refractivity contribution in [1.29, 1.82) is 0 Å². The number of halogens is 1. The van der Waals surface area contributed by atoms with Crippen molar-refractivity contribution in [3.05, 3.63) is 34.9 Å². The predicted molar refractivity (Wildman–Crippen MR) is 94.2 cm³/mol. The Morgan fingerprint density at radius 1 is 1.44 bits per heavy atom. The van der Waals surface area contributed by atoms with E-state index >= 15 is 0 Å². The van der Waals surface area contributed by atoms with Gasteiger partial charge in [-0.25, -0.2) is 4.79 Å². The van der Waals surface area contributed by atoms with Gasteiger partial charge in [-0.1, -0.05) is 23.7 Å². The number of carbonyl (C=O) groups is 1. The molecule has 0 spiro atoms. The summed E-state index contributed by atoms with van der Waals surface area (Å²) in [7, 11) is 0. The van der Waals surface area contributed by atoms with Crippen molar-refractivity contribution in [2.45, 2.75) is 38.5 Å². The molecule has 2 N–H and O–H groups in total. The average Bonchev–Trinajstić information content (AvgIpc) is 3.33. The number of carbonyl (C=O) groups excluding carboxylic acids is 1. The molecule has 1 aliphatic rings. The van der Waals surface area contributed by atoms with Gasteiger partial charge in [0.2, 0.25) is 5.89 Å². The van der Waals surface area contributed by atoms with E-state index in [-0.39, 0.29) is 6.03 Å². The van der Waals surface area contributed by atoms with Crippen LogP contribution in [-0.2, 0) is 6.42 Å². The molecule has 0 bridgehead atoms. The van der Waals surface area contributed by atoms with E-state index in [0.717, 1.165) is 19.3 Å². The Labute approximate surface area is 151 Å². The van der Waals surface area contributed by atoms with E-state index < -0.39 is 0 Å². The molecular weight excluding hydrogens is 344 g/mol. The first-order chi connectivity index (χ1) is 12.2. The zero-order valence-corrected chi connectivity index (χ0v) is 14.8. The summed E-state index contributed by atoms with van der Waals surface area (Å²) in [6.07, 6.45) is 3.66. The number of aromatic nitrogens is 2. The lowest BCUT2D eigenvalue weighted by Crippen LogP contribution is -2.30. The minimum absolute atomic E-state index is 0.316. The first-order valence-corrected chi connectivity index (χ1v) is 8.83. The van der Waals surface area contributed by atoms with E-state index in [9.17, 15) is 4.79 Å². The zero-order valence-electron chi connectivity index (χ0n) is 14.0. The third-order valence-corrected chi connectivity index (χ3v) is 3.99. The molecule has 1 saturated carbocycles. The van der Waals surface area contributed by atoms with Crippen LogP contribution in [0.25, 0.3) is 0 Å². The monoisotopic (exact) mass is 364 g/mol. The maximum Gasteiger partial charge on any atom is 0.319 e. The van der Waals surface area contributed by atoms with Gasteiger partial charge in [-0.05, 0) is 37.5 Å². The molecule has 0 atom stereocenters. The highest BCUT2D eigenvalue weighted by Crippen LogP contribution is 2.38. The lowest BCUT2D eigenvalue weighted by atomic mass is 10.3. The van der Waals surface area contributed by atoms with Crippen LogP contribution in [0.15, 0.2) is 22.7 Å². The molecule has 0 saturated heterocycles. The van der Waals surface area contributed by atoms with Gasteiger partial charge in [-0.3, -0.25) is 0 Å². The van der Waals surface area contributed by atoms with Gasteiger partial charge in [0.15, 0.2) is 5.82 Å². The van der Waals surface area contributed by atoms with E-state index in [0.29, 0.717) is 53.7 Å². The van der Waals surface area contributed by atoms with E-state index in [1.807, 2.05) is 6.92 Å². The van der Waals surface area contributed by atoms with E-state index in [2.05, 4.69) is 20.8 Å². The van der Waals surface area contributed by atoms with Gasteiger partial charge in [0.05, 0.1) is 11.6 Å². The zero-order chi connectivity index (χ0) is 17.6. The summed E-state index contributed by atoms with van der Waals surface area (Å²) in [6, 6.07) is 4.83. The van der Waals surface area contributed by atoms with Crippen LogP contribution in [0, 0.1) is 0 Å². The second-order valence-corrected chi connectivity index (χ2v) is 6.35. The van der Waals surface area contributed by atoms with Crippen LogP contribution in [-0.4, -0.2) is 29.3 Å². The van der Waals surface area contributed by atoms with Crippen molar-refractivity contribution in [2.75, 3.05) is 18.5 Å². The average molecular weight is 365 g/mol. The molecule has 2 aromatic rings. The Hall–Kier alpha value is -2.28. The summed E-state index contributed by atoms with van der Waals surface area (Å²) in [6.45, 7) is 3.04. The van der Waals surface area contributed by atoms with Crippen molar-refractivity contribution < 1.29 is 14.1 Å². The Kier molecular flexibility index (Phi) is 5.75. The lowest BCUT2D eigenvalue weighted by molar-refractivity contribution is 0.252. The fourth-order valence-electron chi connectivity index (χ4n) is 2.24. The molecule has 1 aromatic heterocycles. The molecule has 1 fully saturated rings. The fraction of sp³-hybridized carbons (Fsp3) is 0.471. The summed E-state index contributed by atoms with van der Waals surface area (Å²) in [5.41, 5.74) is 0.599. The van der Waals surface area contributed by atoms with Gasteiger partial charge in [-0.2, -0.15) is 4.98 Å². The second kappa shape index (κ2) is 8.20. The summed E-state index contributed by atoms with van der Waals surface area (Å²) in [4.78, 5) is 16.3. The van der Waals surface area contributed by atoms with Gasteiger partial charge in [0.1, 0.15) is 5.75 Å². The van der Waals surface area contributed by atoms with Gasteiger partial charge >= 0.3 is 6.03 Å². The number of hydrogen-bond acceptors (Lipinski definition) is 5. The molecule has 8 heteroatoms. The van der Waals surface area contributed by atoms with Crippen molar-refractivity contribution >= 4 is 23.3 Å². The normalized spacial score (nSPS) is 13.5. The number of hydrogen-bond donors (Lipinski definition) is 2. The first-order valence-electron chi connectivity index (χ1n) is 8.45. The maximum absolute atomic E-state index is 11.9. The molecule has 1 heterocycles. The van der Waals surface area contributed by atoms with E-state index in [4.69, 9.17) is 20.9 Å². The van der Waals surface area contributed by atoms with Crippen LogP contribution in [0.1, 0.15) is 43.8 Å². The highest BCUT2D eigenvalue weighted by atomic mass is 35.5. The Balaban J connectivity index is 1.43. The Bertz CT molecular complexity index is 730. The number of urea groups is 1. The summed E-state index contributed by atoms with van der Waals surface area (Å²) < 4.78 is 10.7. The van der Waals surface area contributed by atoms with Crippen molar-refractivity contribution in [1.82, 2.24) is 15.5 Å². The topological polar surface area (TPSA) is 89.3 Å². The molecule has 0 unspecified atom stereocenters. The van der Waals surface area contributed by atoms with Crippen LogP contribution in [0.4, 0.5) is 10.5 Å². The first kappa shape index (κ1) is 17.5. The molecule has 1 aliphatic carbocycles. The van der Waals surface area contributed by atoms with Crippen molar-refractivity contribution in [3.63, 3.8) is 0 Å². The smallest absolute Gasteiger partial charge is 0.319 e. The van der Waals surface area contributed by atoms with Crippen LogP contribution in [0.5, 0.6) is 5.75 Å². The number of anilines is 1. The van der Waals surface area contributed by atoms with Crippen LogP contribution in [0.3, 0.4) is 0 Å². The van der Waals surface area contributed by atoms with Crippen molar-refractivity contribution in [2.24, 2.45) is 0 Å². The van der Waals surface area contributed by atoms with Crippen LogP contribution >= 0.6 is 11.6 Å². The quantitative estimate of drug-likeness (QED) is 0.744. The molecule has 0 aliphatic heterocycles. The minimum atomic E-state index is -0.316. The Morgan fingerprint density at radius 2 is 2.28 bits per heavy atom. The number of rotatable bonds is 8. The predicted octanol–water partition coefficient (Wildman–Crippen LogP) is 3.75. The number of benzene rings is 1. The third kappa shape index (κ3) is 5.09. The van der Waals surface area contributed by atoms with E-state index in [1.54, 1.807) is 18.2 Å². The molecule has 0 radical (unpaired) electrons. The summed E-state index contributed by atoms with van der Waals surface area (Å²) >= 11 is 6.14. The summed E-state index contributed by atoms with van der Waals surface area (Å²) in [5, 5.41) is 9.87. The number of nitrogens with zero attached hydrogens (tertiary/aromatic N) is 2. The molecule has 1 aromatic carbocycles. The highest BCUT2D eigenvalue weighted by molar-refractivity contribution is 6.32. The van der Waals surface area contributed by atoms with Gasteiger partial charge in [0.25, 0.3) is 0 Å². The summed E-state index contributed by atoms with van der Waals surface area (Å²) in [5.74, 6) is 2.37. The standard InChI is InChI=1S/C17H21ClN4O3/c1-2-9-24-14-6-5-12(10-13(14)18)20-17(23)19-8-7-15-21-16(25-22-15)11-3-4-11/h5-6,10-11H,2-4,7-9H2,1H3,(H2,19,20,23). The van der Waals surface area contributed by atoms with Crippen LogP contribution in [0.2, 0.25) is 5.02 Å². The molecule has 3 rings (SSSR count). The van der Waals surface area contributed by atoms with Gasteiger partial charge in [0, 0.05) is 24.6 Å². The fourth-order valence-corrected chi connectivity index (χ4v) is 2.47. The largest absolute Gasteiger partial charge is 0.492 e. The molecule has 134 valence electrons. The molecule has 25 heavy (non-hydrogen) atoms. The number of amides is 2. The molecule has 7 nitrogen and oxygen atoms in total. The SMILES string of the molecule is CCCOc1ccc(NC(=O)NCCc2noc(C3CC3)n2)cc1Cl. The molecular formula is C17H21ClN4O3. The maximum atomic E-state index is 11.9. The second-order valence-electron chi connectivity index (χ2n) is 5.95. The molecule has 2 amide bonds. The minimum Gasteiger partial charge on any atom is -0.492 e.